The highest BCUT2D eigenvalue weighted by atomic mass is 32.2. The van der Waals surface area contributed by atoms with Crippen molar-refractivity contribution in [3.8, 4) is 0 Å². The number of hydrogen-bond acceptors (Lipinski definition) is 6. The van der Waals surface area contributed by atoms with E-state index >= 15 is 0 Å². The predicted molar refractivity (Wildman–Crippen MR) is 116 cm³/mol. The lowest BCUT2D eigenvalue weighted by molar-refractivity contribution is -0.121. The maximum atomic E-state index is 12.7. The van der Waals surface area contributed by atoms with Crippen LogP contribution in [0.5, 0.6) is 0 Å². The maximum Gasteiger partial charge on any atom is 0.244 e. The minimum Gasteiger partial charge on any atom is -0.379 e. The Morgan fingerprint density at radius 3 is 2.60 bits per heavy atom. The van der Waals surface area contributed by atoms with E-state index in [0.717, 1.165) is 11.8 Å². The topological polar surface area (TPSA) is 88.6 Å². The van der Waals surface area contributed by atoms with Gasteiger partial charge in [-0.05, 0) is 63.0 Å². The van der Waals surface area contributed by atoms with Crippen LogP contribution in [-0.2, 0) is 19.6 Å². The molecule has 1 N–H and O–H groups in total. The number of nitrogens with zero attached hydrogens (tertiary/aromatic N) is 2. The first kappa shape index (κ1) is 22.0. The van der Waals surface area contributed by atoms with Gasteiger partial charge in [-0.1, -0.05) is 18.2 Å². The van der Waals surface area contributed by atoms with Gasteiger partial charge in [-0.15, -0.1) is 0 Å². The van der Waals surface area contributed by atoms with Crippen LogP contribution < -0.4 is 5.32 Å². The van der Waals surface area contributed by atoms with Gasteiger partial charge >= 0.3 is 0 Å². The standard InChI is InChI=1S/C21H31N3O4S2/c1-14(19-12-16-3-4-17(19)11-16)23-21(25)15(2)29-20-6-5-18(13-22-20)30(26,27)24-7-9-28-10-8-24/h5-6,13-17,19H,3-4,7-12H2,1-2H3,(H,23,25)/t14-,15+,16+,17+,19-/m1/s1. The van der Waals surface area contributed by atoms with E-state index in [1.165, 1.54) is 47.9 Å². The van der Waals surface area contributed by atoms with Gasteiger partial charge in [0.15, 0.2) is 0 Å². The van der Waals surface area contributed by atoms with Crippen molar-refractivity contribution in [1.82, 2.24) is 14.6 Å². The van der Waals surface area contributed by atoms with Gasteiger partial charge in [-0.3, -0.25) is 4.79 Å². The molecule has 1 aliphatic heterocycles. The molecule has 4 rings (SSSR count). The lowest BCUT2D eigenvalue weighted by atomic mass is 9.84. The quantitative estimate of drug-likeness (QED) is 0.638. The smallest absolute Gasteiger partial charge is 0.244 e. The number of carbonyl (C=O) groups is 1. The number of rotatable bonds is 7. The summed E-state index contributed by atoms with van der Waals surface area (Å²) in [5.74, 6) is 2.26. The first-order valence-corrected chi connectivity index (χ1v) is 13.2. The number of fused-ring (bicyclic) bond motifs is 2. The van der Waals surface area contributed by atoms with Crippen molar-refractivity contribution in [2.24, 2.45) is 17.8 Å². The van der Waals surface area contributed by atoms with Gasteiger partial charge in [-0.25, -0.2) is 13.4 Å². The second-order valence-corrected chi connectivity index (χ2v) is 12.0. The maximum absolute atomic E-state index is 12.7. The lowest BCUT2D eigenvalue weighted by Gasteiger charge is -2.29. The number of hydrogen-bond donors (Lipinski definition) is 1. The number of thioether (sulfide) groups is 1. The van der Waals surface area contributed by atoms with Crippen LogP contribution >= 0.6 is 11.8 Å². The van der Waals surface area contributed by atoms with Crippen molar-refractivity contribution in [1.29, 1.82) is 0 Å². The van der Waals surface area contributed by atoms with E-state index in [-0.39, 0.29) is 22.1 Å². The van der Waals surface area contributed by atoms with Gasteiger partial charge in [0, 0.05) is 25.3 Å². The average Bonchev–Trinajstić information content (AvgIpc) is 3.38. The van der Waals surface area contributed by atoms with Gasteiger partial charge < -0.3 is 10.1 Å². The van der Waals surface area contributed by atoms with Gasteiger partial charge in [0.05, 0.1) is 23.5 Å². The summed E-state index contributed by atoms with van der Waals surface area (Å²) < 4.78 is 32.0. The molecule has 0 radical (unpaired) electrons. The molecule has 1 saturated heterocycles. The number of ether oxygens (including phenoxy) is 1. The van der Waals surface area contributed by atoms with E-state index in [1.807, 2.05) is 6.92 Å². The molecule has 9 heteroatoms. The molecule has 1 amide bonds. The summed E-state index contributed by atoms with van der Waals surface area (Å²) in [6, 6.07) is 3.45. The van der Waals surface area contributed by atoms with E-state index in [1.54, 1.807) is 12.1 Å². The van der Waals surface area contributed by atoms with Crippen LogP contribution in [0.4, 0.5) is 0 Å². The van der Waals surface area contributed by atoms with Crippen LogP contribution in [0, 0.1) is 17.8 Å². The monoisotopic (exact) mass is 453 g/mol. The summed E-state index contributed by atoms with van der Waals surface area (Å²) in [7, 11) is -3.55. The summed E-state index contributed by atoms with van der Waals surface area (Å²) in [6.07, 6.45) is 6.63. The molecular formula is C21H31N3O4S2. The van der Waals surface area contributed by atoms with Crippen molar-refractivity contribution in [2.75, 3.05) is 26.3 Å². The van der Waals surface area contributed by atoms with Crippen molar-refractivity contribution < 1.29 is 17.9 Å². The Kier molecular flexibility index (Phi) is 6.72. The van der Waals surface area contributed by atoms with Crippen LogP contribution in [0.1, 0.15) is 39.5 Å². The third kappa shape index (κ3) is 4.69. The van der Waals surface area contributed by atoms with E-state index in [4.69, 9.17) is 4.74 Å². The number of amides is 1. The van der Waals surface area contributed by atoms with Crippen LogP contribution in [0.15, 0.2) is 28.3 Å². The first-order chi connectivity index (χ1) is 14.3. The van der Waals surface area contributed by atoms with Gasteiger partial charge in [0.2, 0.25) is 15.9 Å². The van der Waals surface area contributed by atoms with Gasteiger partial charge in [-0.2, -0.15) is 4.31 Å². The van der Waals surface area contributed by atoms with E-state index in [2.05, 4.69) is 17.2 Å². The van der Waals surface area contributed by atoms with Crippen LogP contribution in [0.25, 0.3) is 0 Å². The number of aromatic nitrogens is 1. The van der Waals surface area contributed by atoms with E-state index < -0.39 is 10.0 Å². The number of sulfonamides is 1. The number of nitrogens with one attached hydrogen (secondary N) is 1. The molecule has 3 aliphatic rings. The van der Waals surface area contributed by atoms with Gasteiger partial charge in [0.1, 0.15) is 4.90 Å². The predicted octanol–water partition coefficient (Wildman–Crippen LogP) is 2.52. The highest BCUT2D eigenvalue weighted by molar-refractivity contribution is 8.00. The minimum atomic E-state index is -3.55. The largest absolute Gasteiger partial charge is 0.379 e. The molecule has 1 aromatic heterocycles. The molecule has 0 spiro atoms. The molecule has 2 bridgehead atoms. The van der Waals surface area contributed by atoms with Crippen molar-refractivity contribution in [3.05, 3.63) is 18.3 Å². The molecule has 30 heavy (non-hydrogen) atoms. The molecule has 0 unspecified atom stereocenters. The zero-order valence-electron chi connectivity index (χ0n) is 17.6. The molecule has 2 saturated carbocycles. The Balaban J connectivity index is 1.31. The third-order valence-electron chi connectivity index (χ3n) is 6.79. The Labute approximate surface area is 183 Å². The third-order valence-corrected chi connectivity index (χ3v) is 9.72. The first-order valence-electron chi connectivity index (χ1n) is 10.9. The molecule has 3 fully saturated rings. The molecule has 2 aliphatic carbocycles. The molecule has 2 heterocycles. The van der Waals surface area contributed by atoms with Crippen LogP contribution in [0.3, 0.4) is 0 Å². The fraction of sp³-hybridized carbons (Fsp3) is 0.714. The van der Waals surface area contributed by atoms with E-state index in [9.17, 15) is 13.2 Å². The molecule has 166 valence electrons. The molecule has 1 aromatic rings. The highest BCUT2D eigenvalue weighted by Gasteiger charge is 2.42. The van der Waals surface area contributed by atoms with Crippen molar-refractivity contribution >= 4 is 27.7 Å². The van der Waals surface area contributed by atoms with Crippen LogP contribution in [-0.4, -0.2) is 61.2 Å². The fourth-order valence-corrected chi connectivity index (χ4v) is 7.27. The number of carbonyl (C=O) groups excluding carboxylic acids is 1. The number of morpholine rings is 1. The Bertz CT molecular complexity index is 856. The second-order valence-electron chi connectivity index (χ2n) is 8.74. The van der Waals surface area contributed by atoms with Crippen LogP contribution in [0.2, 0.25) is 0 Å². The summed E-state index contributed by atoms with van der Waals surface area (Å²) in [4.78, 5) is 17.2. The Morgan fingerprint density at radius 1 is 1.23 bits per heavy atom. The SMILES string of the molecule is C[C@H](Sc1ccc(S(=O)(=O)N2CCOCC2)cn1)C(=O)N[C@H](C)[C@H]1C[C@H]2CC[C@H]1C2. The van der Waals surface area contributed by atoms with Crippen molar-refractivity contribution in [3.63, 3.8) is 0 Å². The normalized spacial score (nSPS) is 28.9. The fourth-order valence-electron chi connectivity index (χ4n) is 5.11. The number of pyridine rings is 1. The van der Waals surface area contributed by atoms with Gasteiger partial charge in [0.25, 0.3) is 0 Å². The summed E-state index contributed by atoms with van der Waals surface area (Å²) in [6.45, 7) is 5.53. The molecular weight excluding hydrogens is 422 g/mol. The second kappa shape index (κ2) is 9.14. The zero-order chi connectivity index (χ0) is 21.3. The Hall–Kier alpha value is -1.16. The molecule has 5 atom stereocenters. The molecule has 7 nitrogen and oxygen atoms in total. The molecule has 0 aromatic carbocycles. The summed E-state index contributed by atoms with van der Waals surface area (Å²) in [5.41, 5.74) is 0. The lowest BCUT2D eigenvalue weighted by Crippen LogP contribution is -2.43. The Morgan fingerprint density at radius 2 is 2.00 bits per heavy atom. The zero-order valence-corrected chi connectivity index (χ0v) is 19.3. The van der Waals surface area contributed by atoms with E-state index in [0.29, 0.717) is 37.2 Å². The highest BCUT2D eigenvalue weighted by Crippen LogP contribution is 2.49. The average molecular weight is 454 g/mol. The summed E-state index contributed by atoms with van der Waals surface area (Å²) >= 11 is 1.35. The minimum absolute atomic E-state index is 0.0158. The summed E-state index contributed by atoms with van der Waals surface area (Å²) in [5, 5.41) is 3.56. The van der Waals surface area contributed by atoms with Crippen molar-refractivity contribution in [2.45, 2.75) is 60.7 Å².